The molecular weight excluding hydrogens is 372 g/mol. The van der Waals surface area contributed by atoms with Crippen LogP contribution < -0.4 is 19.5 Å². The molecule has 154 valence electrons. The maximum absolute atomic E-state index is 13.2. The Balaban J connectivity index is 1.90. The average Bonchev–Trinajstić information content (AvgIpc) is 2.75. The van der Waals surface area contributed by atoms with Gasteiger partial charge in [-0.25, -0.2) is 0 Å². The van der Waals surface area contributed by atoms with Gasteiger partial charge in [0.25, 0.3) is 0 Å². The second-order valence-corrected chi connectivity index (χ2v) is 6.91. The Morgan fingerprint density at radius 3 is 2.21 bits per heavy atom. The first kappa shape index (κ1) is 20.5. The third kappa shape index (κ3) is 4.13. The number of methoxy groups -OCH3 is 3. The van der Waals surface area contributed by atoms with Gasteiger partial charge in [0.2, 0.25) is 17.6 Å². The molecule has 29 heavy (non-hydrogen) atoms. The van der Waals surface area contributed by atoms with Crippen LogP contribution in [0.4, 0.5) is 5.69 Å². The molecule has 0 bridgehead atoms. The molecule has 0 spiro atoms. The molecule has 7 nitrogen and oxygen atoms in total. The molecule has 0 saturated carbocycles. The Kier molecular flexibility index (Phi) is 6.26. The van der Waals surface area contributed by atoms with Crippen LogP contribution in [0.25, 0.3) is 0 Å². The van der Waals surface area contributed by atoms with Crippen LogP contribution in [0.2, 0.25) is 0 Å². The standard InChI is InChI=1S/C22H26N2O5/c1-24-19(25)11-10-16(20(24)14-8-6-5-7-9-14)22(26)23-15-12-17(27-2)21(29-4)18(13-15)28-3/h5-9,12-13,16,20H,10-11H2,1-4H3,(H,23,26)/t16-,20+/m1/s1. The first-order valence-corrected chi connectivity index (χ1v) is 9.41. The Morgan fingerprint density at radius 2 is 1.66 bits per heavy atom. The van der Waals surface area contributed by atoms with Crippen molar-refractivity contribution in [3.63, 3.8) is 0 Å². The minimum Gasteiger partial charge on any atom is -0.493 e. The van der Waals surface area contributed by atoms with Crippen molar-refractivity contribution < 1.29 is 23.8 Å². The van der Waals surface area contributed by atoms with Gasteiger partial charge in [-0.05, 0) is 12.0 Å². The van der Waals surface area contributed by atoms with Crippen LogP contribution in [0.5, 0.6) is 17.2 Å². The normalized spacial score (nSPS) is 18.9. The summed E-state index contributed by atoms with van der Waals surface area (Å²) < 4.78 is 16.0. The molecule has 0 aliphatic carbocycles. The Bertz CT molecular complexity index is 859. The Labute approximate surface area is 170 Å². The van der Waals surface area contributed by atoms with Crippen molar-refractivity contribution in [1.29, 1.82) is 0 Å². The number of hydrogen-bond donors (Lipinski definition) is 1. The van der Waals surface area contributed by atoms with Crippen molar-refractivity contribution in [3.8, 4) is 17.2 Å². The number of ether oxygens (including phenoxy) is 3. The van der Waals surface area contributed by atoms with E-state index in [0.29, 0.717) is 35.8 Å². The van der Waals surface area contributed by atoms with Gasteiger partial charge in [-0.15, -0.1) is 0 Å². The highest BCUT2D eigenvalue weighted by Gasteiger charge is 2.38. The van der Waals surface area contributed by atoms with Crippen LogP contribution >= 0.6 is 0 Å². The summed E-state index contributed by atoms with van der Waals surface area (Å²) in [5, 5.41) is 2.96. The second kappa shape index (κ2) is 8.86. The summed E-state index contributed by atoms with van der Waals surface area (Å²) in [7, 11) is 6.32. The molecule has 1 aliphatic rings. The third-order valence-electron chi connectivity index (χ3n) is 5.27. The first-order valence-electron chi connectivity index (χ1n) is 9.41. The van der Waals surface area contributed by atoms with Gasteiger partial charge in [-0.2, -0.15) is 0 Å². The number of nitrogens with zero attached hydrogens (tertiary/aromatic N) is 1. The first-order chi connectivity index (χ1) is 14.0. The number of likely N-dealkylation sites (tertiary alicyclic amines) is 1. The summed E-state index contributed by atoms with van der Waals surface area (Å²) >= 11 is 0. The van der Waals surface area contributed by atoms with E-state index < -0.39 is 0 Å². The molecule has 0 radical (unpaired) electrons. The average molecular weight is 398 g/mol. The fourth-order valence-electron chi connectivity index (χ4n) is 3.81. The number of piperidine rings is 1. The molecule has 2 aromatic rings. The zero-order valence-corrected chi connectivity index (χ0v) is 17.1. The number of nitrogens with one attached hydrogen (secondary N) is 1. The fourth-order valence-corrected chi connectivity index (χ4v) is 3.81. The summed E-state index contributed by atoms with van der Waals surface area (Å²) in [6, 6.07) is 12.7. The largest absolute Gasteiger partial charge is 0.493 e. The molecule has 2 amide bonds. The molecule has 1 heterocycles. The fraction of sp³-hybridized carbons (Fsp3) is 0.364. The van der Waals surface area contributed by atoms with Gasteiger partial charge in [0.05, 0.1) is 33.3 Å². The highest BCUT2D eigenvalue weighted by Crippen LogP contribution is 2.41. The molecular formula is C22H26N2O5. The van der Waals surface area contributed by atoms with E-state index in [9.17, 15) is 9.59 Å². The van der Waals surface area contributed by atoms with Gasteiger partial charge in [-0.1, -0.05) is 30.3 Å². The molecule has 7 heteroatoms. The van der Waals surface area contributed by atoms with Crippen molar-refractivity contribution in [2.45, 2.75) is 18.9 Å². The van der Waals surface area contributed by atoms with E-state index in [4.69, 9.17) is 14.2 Å². The van der Waals surface area contributed by atoms with Crippen LogP contribution in [0.3, 0.4) is 0 Å². The molecule has 1 saturated heterocycles. The zero-order chi connectivity index (χ0) is 21.0. The maximum atomic E-state index is 13.2. The zero-order valence-electron chi connectivity index (χ0n) is 17.1. The number of carbonyl (C=O) groups excluding carboxylic acids is 2. The molecule has 1 N–H and O–H groups in total. The molecule has 0 aromatic heterocycles. The SMILES string of the molecule is COc1cc(NC(=O)[C@@H]2CCC(=O)N(C)[C@H]2c2ccccc2)cc(OC)c1OC. The summed E-state index contributed by atoms with van der Waals surface area (Å²) in [6.45, 7) is 0. The summed E-state index contributed by atoms with van der Waals surface area (Å²) in [5.74, 6) is 0.871. The highest BCUT2D eigenvalue weighted by atomic mass is 16.5. The van der Waals surface area contributed by atoms with E-state index in [0.717, 1.165) is 5.56 Å². The topological polar surface area (TPSA) is 77.1 Å². The van der Waals surface area contributed by atoms with Gasteiger partial charge in [0, 0.05) is 31.3 Å². The van der Waals surface area contributed by atoms with E-state index in [1.165, 1.54) is 21.3 Å². The summed E-state index contributed by atoms with van der Waals surface area (Å²) in [5.41, 5.74) is 1.48. The lowest BCUT2D eigenvalue weighted by atomic mass is 9.84. The number of amides is 2. The van der Waals surface area contributed by atoms with Crippen LogP contribution in [-0.4, -0.2) is 45.1 Å². The van der Waals surface area contributed by atoms with Crippen molar-refractivity contribution >= 4 is 17.5 Å². The van der Waals surface area contributed by atoms with Crippen molar-refractivity contribution in [1.82, 2.24) is 4.90 Å². The monoisotopic (exact) mass is 398 g/mol. The third-order valence-corrected chi connectivity index (χ3v) is 5.27. The van der Waals surface area contributed by atoms with Crippen LogP contribution in [-0.2, 0) is 9.59 Å². The summed E-state index contributed by atoms with van der Waals surface area (Å²) in [4.78, 5) is 27.1. The lowest BCUT2D eigenvalue weighted by molar-refractivity contribution is -0.140. The molecule has 1 aliphatic heterocycles. The summed E-state index contributed by atoms with van der Waals surface area (Å²) in [6.07, 6.45) is 0.826. The molecule has 2 aromatic carbocycles. The van der Waals surface area contributed by atoms with Crippen molar-refractivity contribution in [2.75, 3.05) is 33.7 Å². The van der Waals surface area contributed by atoms with Gasteiger partial charge in [0.15, 0.2) is 11.5 Å². The number of carbonyl (C=O) groups is 2. The van der Waals surface area contributed by atoms with E-state index in [1.54, 1.807) is 24.1 Å². The van der Waals surface area contributed by atoms with Crippen LogP contribution in [0, 0.1) is 5.92 Å². The minimum atomic E-state index is -0.376. The Morgan fingerprint density at radius 1 is 1.03 bits per heavy atom. The molecule has 2 atom stereocenters. The van der Waals surface area contributed by atoms with Crippen molar-refractivity contribution in [2.24, 2.45) is 5.92 Å². The number of benzene rings is 2. The molecule has 3 rings (SSSR count). The number of hydrogen-bond acceptors (Lipinski definition) is 5. The smallest absolute Gasteiger partial charge is 0.229 e. The lowest BCUT2D eigenvalue weighted by Gasteiger charge is -2.38. The lowest BCUT2D eigenvalue weighted by Crippen LogP contribution is -2.44. The van der Waals surface area contributed by atoms with E-state index in [2.05, 4.69) is 5.32 Å². The van der Waals surface area contributed by atoms with E-state index >= 15 is 0 Å². The predicted molar refractivity (Wildman–Crippen MR) is 109 cm³/mol. The molecule has 1 fully saturated rings. The predicted octanol–water partition coefficient (Wildman–Crippen LogP) is 3.26. The van der Waals surface area contributed by atoms with Crippen LogP contribution in [0.15, 0.2) is 42.5 Å². The number of anilines is 1. The highest BCUT2D eigenvalue weighted by molar-refractivity contribution is 5.95. The number of rotatable bonds is 6. The quantitative estimate of drug-likeness (QED) is 0.808. The van der Waals surface area contributed by atoms with Gasteiger partial charge in [0.1, 0.15) is 0 Å². The van der Waals surface area contributed by atoms with Crippen LogP contribution in [0.1, 0.15) is 24.4 Å². The maximum Gasteiger partial charge on any atom is 0.229 e. The Hall–Kier alpha value is -3.22. The molecule has 0 unspecified atom stereocenters. The second-order valence-electron chi connectivity index (χ2n) is 6.91. The minimum absolute atomic E-state index is 0.0377. The van der Waals surface area contributed by atoms with Crippen molar-refractivity contribution in [3.05, 3.63) is 48.0 Å². The van der Waals surface area contributed by atoms with E-state index in [-0.39, 0.29) is 23.8 Å². The van der Waals surface area contributed by atoms with E-state index in [1.807, 2.05) is 30.3 Å². The van der Waals surface area contributed by atoms with Gasteiger partial charge in [-0.3, -0.25) is 9.59 Å². The van der Waals surface area contributed by atoms with Gasteiger partial charge >= 0.3 is 0 Å². The van der Waals surface area contributed by atoms with Gasteiger partial charge < -0.3 is 24.4 Å².